The summed E-state index contributed by atoms with van der Waals surface area (Å²) in [5, 5.41) is 10.9. The Hall–Kier alpha value is -3.09. The molecule has 3 rings (SSSR count). The van der Waals surface area contributed by atoms with E-state index in [4.69, 9.17) is 0 Å². The number of benzene rings is 1. The minimum atomic E-state index is 0.653. The lowest BCUT2D eigenvalue weighted by Crippen LogP contribution is -2.38. The number of imidazole rings is 1. The molecule has 0 spiro atoms. The van der Waals surface area contributed by atoms with Gasteiger partial charge in [0.05, 0.1) is 12.9 Å². The Balaban J connectivity index is 1.46. The van der Waals surface area contributed by atoms with Crippen molar-refractivity contribution in [2.24, 2.45) is 4.99 Å². The Kier molecular flexibility index (Phi) is 7.03. The fourth-order valence-corrected chi connectivity index (χ4v) is 2.73. The van der Waals surface area contributed by atoms with E-state index in [1.807, 2.05) is 29.5 Å². The van der Waals surface area contributed by atoms with E-state index in [0.29, 0.717) is 6.54 Å². The van der Waals surface area contributed by atoms with Gasteiger partial charge in [0.2, 0.25) is 0 Å². The molecule has 0 amide bonds. The molecule has 0 bridgehead atoms. The van der Waals surface area contributed by atoms with Gasteiger partial charge in [0.25, 0.3) is 0 Å². The molecular weight excluding hydrogens is 338 g/mol. The van der Waals surface area contributed by atoms with Gasteiger partial charge in [0.15, 0.2) is 5.96 Å². The van der Waals surface area contributed by atoms with E-state index in [1.165, 1.54) is 11.1 Å². The molecule has 142 valence electrons. The topological polar surface area (TPSA) is 72.1 Å². The number of nitrogens with zero attached hydrogens (tertiary/aromatic N) is 5. The molecule has 0 fully saturated rings. The van der Waals surface area contributed by atoms with Crippen molar-refractivity contribution in [1.29, 1.82) is 0 Å². The van der Waals surface area contributed by atoms with E-state index in [9.17, 15) is 0 Å². The van der Waals surface area contributed by atoms with Gasteiger partial charge in [0.1, 0.15) is 0 Å². The molecule has 0 aliphatic carbocycles. The van der Waals surface area contributed by atoms with Gasteiger partial charge in [0, 0.05) is 51.0 Å². The molecule has 2 N–H and O–H groups in total. The fraction of sp³-hybridized carbons (Fsp3) is 0.350. The first kappa shape index (κ1) is 18.7. The van der Waals surface area contributed by atoms with Crippen molar-refractivity contribution >= 4 is 5.96 Å². The molecule has 27 heavy (non-hydrogen) atoms. The van der Waals surface area contributed by atoms with Crippen molar-refractivity contribution in [2.45, 2.75) is 33.0 Å². The Morgan fingerprint density at radius 2 is 1.93 bits per heavy atom. The Morgan fingerprint density at radius 1 is 1.07 bits per heavy atom. The van der Waals surface area contributed by atoms with Gasteiger partial charge in [-0.3, -0.25) is 4.68 Å². The predicted molar refractivity (Wildman–Crippen MR) is 107 cm³/mol. The van der Waals surface area contributed by atoms with Crippen LogP contribution in [0.1, 0.15) is 24.5 Å². The summed E-state index contributed by atoms with van der Waals surface area (Å²) in [6.45, 7) is 6.16. The summed E-state index contributed by atoms with van der Waals surface area (Å²) in [6.07, 6.45) is 10.4. The van der Waals surface area contributed by atoms with Crippen LogP contribution in [0, 0.1) is 0 Å². The van der Waals surface area contributed by atoms with Crippen LogP contribution in [-0.2, 0) is 19.6 Å². The van der Waals surface area contributed by atoms with Crippen LogP contribution >= 0.6 is 0 Å². The highest BCUT2D eigenvalue weighted by Gasteiger charge is 1.99. The van der Waals surface area contributed by atoms with Gasteiger partial charge < -0.3 is 15.2 Å². The number of guanidine groups is 1. The molecule has 0 aliphatic rings. The van der Waals surface area contributed by atoms with Crippen molar-refractivity contribution in [1.82, 2.24) is 30.0 Å². The molecule has 0 radical (unpaired) electrons. The summed E-state index contributed by atoms with van der Waals surface area (Å²) in [7, 11) is 0. The monoisotopic (exact) mass is 365 g/mol. The van der Waals surface area contributed by atoms with Crippen LogP contribution in [-0.4, -0.2) is 38.4 Å². The molecule has 0 unspecified atom stereocenters. The van der Waals surface area contributed by atoms with Crippen molar-refractivity contribution < 1.29 is 0 Å². The normalized spacial score (nSPS) is 11.5. The highest BCUT2D eigenvalue weighted by molar-refractivity contribution is 5.79. The summed E-state index contributed by atoms with van der Waals surface area (Å²) in [5.74, 6) is 0.848. The third-order valence-electron chi connectivity index (χ3n) is 4.13. The summed E-state index contributed by atoms with van der Waals surface area (Å²) >= 11 is 0. The second-order valence-corrected chi connectivity index (χ2v) is 6.30. The Labute approximate surface area is 160 Å². The van der Waals surface area contributed by atoms with Crippen molar-refractivity contribution in [3.05, 3.63) is 72.6 Å². The highest BCUT2D eigenvalue weighted by atomic mass is 15.3. The van der Waals surface area contributed by atoms with Crippen LogP contribution in [0.3, 0.4) is 0 Å². The van der Waals surface area contributed by atoms with E-state index in [0.717, 1.165) is 38.6 Å². The molecule has 7 heteroatoms. The third-order valence-corrected chi connectivity index (χ3v) is 4.13. The summed E-state index contributed by atoms with van der Waals surface area (Å²) in [4.78, 5) is 8.75. The first-order valence-corrected chi connectivity index (χ1v) is 9.36. The maximum absolute atomic E-state index is 4.68. The fourth-order valence-electron chi connectivity index (χ4n) is 2.73. The molecule has 3 aromatic rings. The smallest absolute Gasteiger partial charge is 0.191 e. The Morgan fingerprint density at radius 3 is 2.63 bits per heavy atom. The van der Waals surface area contributed by atoms with E-state index in [2.05, 4.69) is 61.5 Å². The van der Waals surface area contributed by atoms with Gasteiger partial charge in [-0.1, -0.05) is 24.3 Å². The highest BCUT2D eigenvalue weighted by Crippen LogP contribution is 2.07. The van der Waals surface area contributed by atoms with Crippen molar-refractivity contribution in [3.8, 4) is 0 Å². The van der Waals surface area contributed by atoms with Gasteiger partial charge in [-0.05, 0) is 30.5 Å². The molecule has 2 aromatic heterocycles. The average Bonchev–Trinajstić information content (AvgIpc) is 3.38. The van der Waals surface area contributed by atoms with Crippen LogP contribution in [0.25, 0.3) is 0 Å². The molecule has 2 heterocycles. The van der Waals surface area contributed by atoms with Gasteiger partial charge in [-0.25, -0.2) is 9.98 Å². The quantitative estimate of drug-likeness (QED) is 0.347. The molecule has 1 aromatic carbocycles. The number of rotatable bonds is 9. The van der Waals surface area contributed by atoms with Gasteiger partial charge in [-0.2, -0.15) is 5.10 Å². The van der Waals surface area contributed by atoms with Crippen LogP contribution < -0.4 is 10.6 Å². The molecule has 0 saturated heterocycles. The number of hydrogen-bond donors (Lipinski definition) is 2. The van der Waals surface area contributed by atoms with Gasteiger partial charge >= 0.3 is 0 Å². The minimum Gasteiger partial charge on any atom is -0.357 e. The number of aryl methyl sites for hydroxylation is 1. The lowest BCUT2D eigenvalue weighted by molar-refractivity contribution is 0.570. The Bertz CT molecular complexity index is 789. The first-order chi connectivity index (χ1) is 13.3. The van der Waals surface area contributed by atoms with Crippen molar-refractivity contribution in [3.63, 3.8) is 0 Å². The lowest BCUT2D eigenvalue weighted by atomic mass is 10.1. The first-order valence-electron chi connectivity index (χ1n) is 9.36. The maximum atomic E-state index is 4.68. The number of aliphatic imine (C=N–C) groups is 1. The number of aromatic nitrogens is 4. The standard InChI is InChI=1S/C20H27N7/c1-2-22-20(23-9-3-12-27-13-4-10-25-27)24-15-18-5-7-19(8-6-18)16-26-14-11-21-17-26/h4-8,10-11,13-14,17H,2-3,9,12,15-16H2,1H3,(H2,22,23,24). The second kappa shape index (κ2) is 10.2. The van der Waals surface area contributed by atoms with Crippen LogP contribution in [0.2, 0.25) is 0 Å². The summed E-state index contributed by atoms with van der Waals surface area (Å²) in [5.41, 5.74) is 2.45. The number of nitrogens with one attached hydrogen (secondary N) is 2. The zero-order valence-corrected chi connectivity index (χ0v) is 15.8. The van der Waals surface area contributed by atoms with Gasteiger partial charge in [-0.15, -0.1) is 0 Å². The van der Waals surface area contributed by atoms with E-state index in [1.54, 1.807) is 12.4 Å². The molecule has 0 aliphatic heterocycles. The van der Waals surface area contributed by atoms with E-state index in [-0.39, 0.29) is 0 Å². The zero-order valence-electron chi connectivity index (χ0n) is 15.8. The van der Waals surface area contributed by atoms with E-state index < -0.39 is 0 Å². The minimum absolute atomic E-state index is 0.653. The third kappa shape index (κ3) is 6.29. The SMILES string of the molecule is CCNC(=NCc1ccc(Cn2ccnc2)cc1)NCCCn1cccn1. The average molecular weight is 365 g/mol. The maximum Gasteiger partial charge on any atom is 0.191 e. The molecule has 7 nitrogen and oxygen atoms in total. The second-order valence-electron chi connectivity index (χ2n) is 6.30. The van der Waals surface area contributed by atoms with Crippen LogP contribution in [0.15, 0.2) is 66.4 Å². The largest absolute Gasteiger partial charge is 0.357 e. The number of hydrogen-bond acceptors (Lipinski definition) is 3. The summed E-state index contributed by atoms with van der Waals surface area (Å²) in [6, 6.07) is 10.5. The lowest BCUT2D eigenvalue weighted by Gasteiger charge is -2.11. The molecular formula is C20H27N7. The van der Waals surface area contributed by atoms with E-state index >= 15 is 0 Å². The van der Waals surface area contributed by atoms with Crippen molar-refractivity contribution in [2.75, 3.05) is 13.1 Å². The predicted octanol–water partition coefficient (Wildman–Crippen LogP) is 2.27. The van der Waals surface area contributed by atoms with Crippen LogP contribution in [0.4, 0.5) is 0 Å². The summed E-state index contributed by atoms with van der Waals surface area (Å²) < 4.78 is 4.00. The zero-order chi connectivity index (χ0) is 18.7. The molecule has 0 atom stereocenters. The van der Waals surface area contributed by atoms with Crippen LogP contribution in [0.5, 0.6) is 0 Å². The molecule has 0 saturated carbocycles.